The zero-order valence-corrected chi connectivity index (χ0v) is 15.6. The Morgan fingerprint density at radius 3 is 2.41 bits per heavy atom. The van der Waals surface area contributed by atoms with E-state index in [1.54, 1.807) is 48.7 Å². The van der Waals surface area contributed by atoms with E-state index in [1.165, 1.54) is 13.2 Å². The minimum atomic E-state index is -3.83. The summed E-state index contributed by atoms with van der Waals surface area (Å²) in [6, 6.07) is 10.8. The van der Waals surface area contributed by atoms with Crippen LogP contribution in [-0.2, 0) is 31.8 Å². The van der Waals surface area contributed by atoms with E-state index in [-0.39, 0.29) is 12.2 Å². The summed E-state index contributed by atoms with van der Waals surface area (Å²) in [6.07, 6.45) is 3.16. The van der Waals surface area contributed by atoms with Gasteiger partial charge in [-0.05, 0) is 23.6 Å². The molecule has 1 aromatic heterocycles. The smallest absolute Gasteiger partial charge is 0.323 e. The molecule has 0 saturated carbocycles. The van der Waals surface area contributed by atoms with Crippen molar-refractivity contribution in [1.82, 2.24) is 14.6 Å². The number of carboxylic acids is 1. The van der Waals surface area contributed by atoms with Gasteiger partial charge in [-0.1, -0.05) is 36.4 Å². The van der Waals surface area contributed by atoms with Gasteiger partial charge in [0.2, 0.25) is 15.9 Å². The van der Waals surface area contributed by atoms with Crippen LogP contribution in [0.3, 0.4) is 0 Å². The molecule has 0 fully saturated rings. The highest BCUT2D eigenvalue weighted by molar-refractivity contribution is 7.88. The summed E-state index contributed by atoms with van der Waals surface area (Å²) in [6.45, 7) is -0.525. The summed E-state index contributed by atoms with van der Waals surface area (Å²) >= 11 is 0. The average molecular weight is 391 g/mol. The molecule has 2 N–H and O–H groups in total. The second-order valence-corrected chi connectivity index (χ2v) is 7.82. The maximum Gasteiger partial charge on any atom is 0.323 e. The quantitative estimate of drug-likeness (QED) is 0.648. The van der Waals surface area contributed by atoms with Gasteiger partial charge in [0.25, 0.3) is 0 Å². The molecule has 2 aromatic rings. The van der Waals surface area contributed by atoms with Gasteiger partial charge in [-0.15, -0.1) is 0 Å². The van der Waals surface area contributed by atoms with Crippen molar-refractivity contribution in [2.75, 3.05) is 13.6 Å². The van der Waals surface area contributed by atoms with Crippen LogP contribution in [0, 0.1) is 0 Å². The van der Waals surface area contributed by atoms with Crippen LogP contribution in [-0.4, -0.2) is 54.9 Å². The molecule has 0 aliphatic rings. The van der Waals surface area contributed by atoms with E-state index in [0.717, 1.165) is 4.90 Å². The number of aromatic nitrogens is 1. The number of carbonyl (C=O) groups is 2. The predicted molar refractivity (Wildman–Crippen MR) is 99.2 cm³/mol. The molecule has 0 aliphatic carbocycles. The maximum atomic E-state index is 12.6. The number of carbonyl (C=O) groups excluding carboxylic acids is 1. The maximum absolute atomic E-state index is 12.6. The lowest BCUT2D eigenvalue weighted by Gasteiger charge is -2.23. The van der Waals surface area contributed by atoms with E-state index >= 15 is 0 Å². The van der Waals surface area contributed by atoms with E-state index in [0.29, 0.717) is 11.1 Å². The lowest BCUT2D eigenvalue weighted by molar-refractivity contribution is -0.144. The number of aliphatic carboxylic acids is 1. The SMILES string of the molecule is CN(CC(=O)O)C(=O)C(Cc1cccnc1)NS(=O)(=O)Cc1ccccc1. The first-order valence-electron chi connectivity index (χ1n) is 8.16. The van der Waals surface area contributed by atoms with Crippen LogP contribution >= 0.6 is 0 Å². The Morgan fingerprint density at radius 1 is 1.15 bits per heavy atom. The second-order valence-electron chi connectivity index (χ2n) is 6.07. The zero-order chi connectivity index (χ0) is 19.9. The monoisotopic (exact) mass is 391 g/mol. The zero-order valence-electron chi connectivity index (χ0n) is 14.8. The number of nitrogens with zero attached hydrogens (tertiary/aromatic N) is 2. The van der Waals surface area contributed by atoms with Crippen LogP contribution < -0.4 is 4.72 Å². The molecule has 0 saturated heterocycles. The molecule has 1 aromatic carbocycles. The molecule has 1 atom stereocenters. The molecule has 9 heteroatoms. The topological polar surface area (TPSA) is 117 Å². The number of nitrogens with one attached hydrogen (secondary N) is 1. The molecule has 0 bridgehead atoms. The van der Waals surface area contributed by atoms with Crippen LogP contribution in [0.4, 0.5) is 0 Å². The summed E-state index contributed by atoms with van der Waals surface area (Å²) in [4.78, 5) is 28.4. The third-order valence-corrected chi connectivity index (χ3v) is 5.09. The van der Waals surface area contributed by atoms with Gasteiger partial charge in [-0.2, -0.15) is 0 Å². The van der Waals surface area contributed by atoms with Crippen molar-refractivity contribution in [3.63, 3.8) is 0 Å². The van der Waals surface area contributed by atoms with Crippen molar-refractivity contribution in [3.05, 3.63) is 66.0 Å². The van der Waals surface area contributed by atoms with Gasteiger partial charge in [0.05, 0.1) is 5.75 Å². The molecule has 0 spiro atoms. The van der Waals surface area contributed by atoms with E-state index < -0.39 is 34.5 Å². The summed E-state index contributed by atoms with van der Waals surface area (Å²) in [5.74, 6) is -2.09. The van der Waals surface area contributed by atoms with Crippen LogP contribution in [0.2, 0.25) is 0 Å². The number of hydrogen-bond acceptors (Lipinski definition) is 5. The van der Waals surface area contributed by atoms with Gasteiger partial charge < -0.3 is 10.0 Å². The number of amides is 1. The third-order valence-electron chi connectivity index (χ3n) is 3.73. The minimum absolute atomic E-state index is 0.0602. The fourth-order valence-electron chi connectivity index (χ4n) is 2.53. The van der Waals surface area contributed by atoms with Gasteiger partial charge in [0, 0.05) is 19.4 Å². The van der Waals surface area contributed by atoms with E-state index in [1.807, 2.05) is 0 Å². The fourth-order valence-corrected chi connectivity index (χ4v) is 3.87. The van der Waals surface area contributed by atoms with Crippen molar-refractivity contribution in [2.24, 2.45) is 0 Å². The Bertz CT molecular complexity index is 872. The number of pyridine rings is 1. The highest BCUT2D eigenvalue weighted by Crippen LogP contribution is 2.09. The largest absolute Gasteiger partial charge is 0.480 e. The molecule has 144 valence electrons. The first-order chi connectivity index (χ1) is 12.8. The molecular formula is C18H21N3O5S. The third kappa shape index (κ3) is 6.80. The highest BCUT2D eigenvalue weighted by Gasteiger charge is 2.28. The van der Waals surface area contributed by atoms with Crippen molar-refractivity contribution in [3.8, 4) is 0 Å². The number of hydrogen-bond donors (Lipinski definition) is 2. The van der Waals surface area contributed by atoms with Gasteiger partial charge >= 0.3 is 5.97 Å². The molecule has 1 unspecified atom stereocenters. The number of likely N-dealkylation sites (N-methyl/N-ethyl adjacent to an activating group) is 1. The summed E-state index contributed by atoms with van der Waals surface area (Å²) in [5, 5.41) is 8.89. The molecule has 0 radical (unpaired) electrons. The van der Waals surface area contributed by atoms with Gasteiger partial charge in [0.1, 0.15) is 12.6 Å². The summed E-state index contributed by atoms with van der Waals surface area (Å²) in [5.41, 5.74) is 1.23. The first-order valence-corrected chi connectivity index (χ1v) is 9.81. The summed E-state index contributed by atoms with van der Waals surface area (Å²) < 4.78 is 27.5. The van der Waals surface area contributed by atoms with Crippen LogP contribution in [0.1, 0.15) is 11.1 Å². The normalized spacial score (nSPS) is 12.3. The van der Waals surface area contributed by atoms with Crippen molar-refractivity contribution in [2.45, 2.75) is 18.2 Å². The van der Waals surface area contributed by atoms with E-state index in [2.05, 4.69) is 9.71 Å². The second kappa shape index (κ2) is 9.24. The van der Waals surface area contributed by atoms with Crippen LogP contribution in [0.5, 0.6) is 0 Å². The fraction of sp³-hybridized carbons (Fsp3) is 0.278. The van der Waals surface area contributed by atoms with Gasteiger partial charge in [-0.3, -0.25) is 14.6 Å². The van der Waals surface area contributed by atoms with Crippen LogP contribution in [0.15, 0.2) is 54.9 Å². The Labute approximate surface area is 157 Å². The molecule has 0 aliphatic heterocycles. The standard InChI is InChI=1S/C18H21N3O5S/c1-21(12-17(22)23)18(24)16(10-15-8-5-9-19-11-15)20-27(25,26)13-14-6-3-2-4-7-14/h2-9,11,16,20H,10,12-13H2,1H3,(H,22,23). The Balaban J connectivity index is 2.20. The predicted octanol–water partition coefficient (Wildman–Crippen LogP) is 0.655. The van der Waals surface area contributed by atoms with Crippen LogP contribution in [0.25, 0.3) is 0 Å². The Kier molecular flexibility index (Phi) is 7.03. The average Bonchev–Trinajstić information content (AvgIpc) is 2.61. The molecule has 8 nitrogen and oxygen atoms in total. The summed E-state index contributed by atoms with van der Waals surface area (Å²) in [7, 11) is -2.51. The van der Waals surface area contributed by atoms with E-state index in [9.17, 15) is 18.0 Å². The number of rotatable bonds is 9. The Morgan fingerprint density at radius 2 is 1.81 bits per heavy atom. The number of carboxylic acid groups (broad SMARTS) is 1. The molecule has 27 heavy (non-hydrogen) atoms. The lowest BCUT2D eigenvalue weighted by Crippen LogP contribution is -2.49. The molecule has 1 heterocycles. The highest BCUT2D eigenvalue weighted by atomic mass is 32.2. The van der Waals surface area contributed by atoms with Gasteiger partial charge in [0.15, 0.2) is 0 Å². The Hall–Kier alpha value is -2.78. The van der Waals surface area contributed by atoms with Crippen molar-refractivity contribution >= 4 is 21.9 Å². The van der Waals surface area contributed by atoms with E-state index in [4.69, 9.17) is 5.11 Å². The first kappa shape index (κ1) is 20.5. The lowest BCUT2D eigenvalue weighted by atomic mass is 10.1. The van der Waals surface area contributed by atoms with Gasteiger partial charge in [-0.25, -0.2) is 13.1 Å². The number of sulfonamides is 1. The molecule has 2 rings (SSSR count). The van der Waals surface area contributed by atoms with Crippen molar-refractivity contribution < 1.29 is 23.1 Å². The molecule has 1 amide bonds. The molecular weight excluding hydrogens is 370 g/mol. The van der Waals surface area contributed by atoms with Crippen molar-refractivity contribution in [1.29, 1.82) is 0 Å². The minimum Gasteiger partial charge on any atom is -0.480 e. The number of benzene rings is 1.